The van der Waals surface area contributed by atoms with Crippen LogP contribution in [0.3, 0.4) is 0 Å². The van der Waals surface area contributed by atoms with Crippen LogP contribution < -0.4 is 10.4 Å². The molecule has 0 aromatic heterocycles. The number of hydrogen-bond donors (Lipinski definition) is 2. The number of phenolic OH excluding ortho intramolecular Hbond substituents is 1. The molecule has 262 valence electrons. The maximum absolute atomic E-state index is 13.7. The molecular formula is C36H41Cl4N5O4. The highest BCUT2D eigenvalue weighted by Crippen LogP contribution is 2.38. The summed E-state index contributed by atoms with van der Waals surface area (Å²) in [6.07, 6.45) is 14.6. The normalized spacial score (nSPS) is 15.4. The average molecular weight is 750 g/mol. The third-order valence-corrected chi connectivity index (χ3v) is 9.05. The number of anilines is 1. The van der Waals surface area contributed by atoms with Crippen LogP contribution >= 0.6 is 46.4 Å². The Bertz CT molecular complexity index is 1610. The lowest BCUT2D eigenvalue weighted by Crippen LogP contribution is -2.36. The zero-order valence-corrected chi connectivity index (χ0v) is 30.5. The third-order valence-electron chi connectivity index (χ3n) is 7.94. The predicted molar refractivity (Wildman–Crippen MR) is 198 cm³/mol. The van der Waals surface area contributed by atoms with Gasteiger partial charge in [-0.3, -0.25) is 10.2 Å². The van der Waals surface area contributed by atoms with Crippen molar-refractivity contribution in [3.63, 3.8) is 0 Å². The number of esters is 1. The van der Waals surface area contributed by atoms with E-state index in [1.54, 1.807) is 6.07 Å². The number of azo groups is 1. The van der Waals surface area contributed by atoms with Crippen LogP contribution in [-0.4, -0.2) is 35.5 Å². The van der Waals surface area contributed by atoms with Gasteiger partial charge in [0.1, 0.15) is 11.4 Å². The smallest absolute Gasteiger partial charge is 0.338 e. The van der Waals surface area contributed by atoms with Gasteiger partial charge in [-0.1, -0.05) is 124 Å². The number of nitrogens with one attached hydrogen (secondary N) is 1. The molecule has 2 N–H and O–H groups in total. The highest BCUT2D eigenvalue weighted by Gasteiger charge is 2.41. The molecule has 1 aliphatic heterocycles. The van der Waals surface area contributed by atoms with Gasteiger partial charge < -0.3 is 9.84 Å². The number of carbonyl (C=O) groups excluding carboxylic acids is 2. The molecule has 0 radical (unpaired) electrons. The predicted octanol–water partition coefficient (Wildman–Crippen LogP) is 11.6. The molecule has 1 saturated heterocycles. The minimum Gasteiger partial charge on any atom is -0.508 e. The van der Waals surface area contributed by atoms with E-state index < -0.39 is 17.9 Å². The molecule has 4 rings (SSSR count). The summed E-state index contributed by atoms with van der Waals surface area (Å²) >= 11 is 25.4. The van der Waals surface area contributed by atoms with E-state index in [1.807, 2.05) is 0 Å². The number of benzene rings is 3. The number of unbranched alkanes of at least 4 members (excludes halogenated alkanes) is 11. The second kappa shape index (κ2) is 19.7. The molecule has 1 heterocycles. The largest absolute Gasteiger partial charge is 0.508 e. The number of ether oxygens (including phenoxy) is 1. The van der Waals surface area contributed by atoms with Crippen molar-refractivity contribution in [1.29, 1.82) is 0 Å². The first kappa shape index (κ1) is 38.4. The van der Waals surface area contributed by atoms with Crippen molar-refractivity contribution in [2.24, 2.45) is 15.2 Å². The lowest BCUT2D eigenvalue weighted by Gasteiger charge is -2.19. The van der Waals surface area contributed by atoms with Gasteiger partial charge in [-0.05, 0) is 61.0 Å². The first-order valence-corrected chi connectivity index (χ1v) is 18.2. The minimum absolute atomic E-state index is 0.0542. The fraction of sp³-hybridized carbons (Fsp3) is 0.417. The van der Waals surface area contributed by atoms with Gasteiger partial charge >= 0.3 is 5.97 Å². The van der Waals surface area contributed by atoms with Crippen LogP contribution in [-0.2, 0) is 9.53 Å². The van der Waals surface area contributed by atoms with Crippen LogP contribution in [0.25, 0.3) is 0 Å². The van der Waals surface area contributed by atoms with Crippen molar-refractivity contribution in [2.45, 2.75) is 90.0 Å². The lowest BCUT2D eigenvalue weighted by molar-refractivity contribution is -0.117. The van der Waals surface area contributed by atoms with E-state index in [2.05, 4.69) is 27.6 Å². The van der Waals surface area contributed by atoms with Gasteiger partial charge in [-0.25, -0.2) is 14.8 Å². The van der Waals surface area contributed by atoms with Gasteiger partial charge in [0.05, 0.1) is 38.6 Å². The zero-order chi connectivity index (χ0) is 35.2. The minimum atomic E-state index is -1.26. The van der Waals surface area contributed by atoms with Crippen molar-refractivity contribution in [2.75, 3.05) is 11.6 Å². The van der Waals surface area contributed by atoms with E-state index in [0.29, 0.717) is 12.3 Å². The summed E-state index contributed by atoms with van der Waals surface area (Å²) in [7, 11) is 0. The summed E-state index contributed by atoms with van der Waals surface area (Å²) in [6.45, 7) is 2.56. The van der Waals surface area contributed by atoms with Gasteiger partial charge in [0.25, 0.3) is 5.91 Å². The maximum atomic E-state index is 13.7. The Morgan fingerprint density at radius 2 is 1.41 bits per heavy atom. The fourth-order valence-corrected chi connectivity index (χ4v) is 6.41. The van der Waals surface area contributed by atoms with E-state index in [-0.39, 0.29) is 48.6 Å². The zero-order valence-electron chi connectivity index (χ0n) is 27.4. The Kier molecular flexibility index (Phi) is 15.5. The number of aromatic hydroxyl groups is 1. The van der Waals surface area contributed by atoms with Gasteiger partial charge in [0.2, 0.25) is 6.04 Å². The van der Waals surface area contributed by atoms with Crippen molar-refractivity contribution in [1.82, 2.24) is 5.43 Å². The van der Waals surface area contributed by atoms with E-state index in [0.717, 1.165) is 24.3 Å². The van der Waals surface area contributed by atoms with Crippen LogP contribution in [0.2, 0.25) is 20.1 Å². The molecule has 0 bridgehead atoms. The van der Waals surface area contributed by atoms with Crippen molar-refractivity contribution in [3.8, 4) is 5.75 Å². The summed E-state index contributed by atoms with van der Waals surface area (Å²) in [4.78, 5) is 31.1. The Hall–Kier alpha value is -3.37. The van der Waals surface area contributed by atoms with Crippen molar-refractivity contribution in [3.05, 3.63) is 80.3 Å². The Balaban J connectivity index is 1.40. The molecule has 0 aliphatic carbocycles. The summed E-state index contributed by atoms with van der Waals surface area (Å²) in [5.41, 5.74) is 3.91. The number of aliphatic imine (C=N–C) groups is 1. The monoisotopic (exact) mass is 747 g/mol. The number of rotatable bonds is 18. The molecule has 0 spiro atoms. The standard InChI is InChI=1S/C36H41Cl4N5O4/c1-2-3-4-5-6-7-8-9-10-11-12-13-20-49-36(48)24-14-19-28(38)31(21-24)41-34-32(43-42-26-15-17-27(46)18-16-26)35(47)45(44-34)33-29(39)22-25(37)23-30(33)40/h14-19,21-23,32,46H,2-13,20H2,1H3,(H,41,44). The molecule has 1 atom stereocenters. The first-order chi connectivity index (χ1) is 23.7. The Morgan fingerprint density at radius 3 is 2.02 bits per heavy atom. The molecular weight excluding hydrogens is 708 g/mol. The molecule has 0 saturated carbocycles. The van der Waals surface area contributed by atoms with Gasteiger partial charge in [0, 0.05) is 5.02 Å². The first-order valence-electron chi connectivity index (χ1n) is 16.7. The van der Waals surface area contributed by atoms with Gasteiger partial charge in [-0.2, -0.15) is 10.2 Å². The summed E-state index contributed by atoms with van der Waals surface area (Å²) < 4.78 is 5.53. The highest BCUT2D eigenvalue weighted by molar-refractivity contribution is 6.43. The molecule has 13 heteroatoms. The SMILES string of the molecule is CCCCCCCCCCCCCCOC(=O)c1ccc(Cl)c(N=C2NN(c3c(Cl)cc(Cl)cc3Cl)C(=O)C2N=Nc2ccc(O)cc2)c1. The molecule has 9 nitrogen and oxygen atoms in total. The number of amidine groups is 1. The second-order valence-corrected chi connectivity index (χ2v) is 13.5. The fourth-order valence-electron chi connectivity index (χ4n) is 5.26. The number of nitrogens with zero attached hydrogens (tertiary/aromatic N) is 4. The molecule has 1 amide bonds. The van der Waals surface area contributed by atoms with E-state index in [9.17, 15) is 14.7 Å². The second-order valence-electron chi connectivity index (χ2n) is 11.8. The van der Waals surface area contributed by atoms with Gasteiger partial charge in [-0.15, -0.1) is 0 Å². The third kappa shape index (κ3) is 11.6. The molecule has 1 unspecified atom stereocenters. The number of halogens is 4. The number of amides is 1. The number of hydrogen-bond acceptors (Lipinski definition) is 7. The number of phenols is 1. The van der Waals surface area contributed by atoms with E-state index in [4.69, 9.17) is 51.1 Å². The highest BCUT2D eigenvalue weighted by atomic mass is 35.5. The van der Waals surface area contributed by atoms with Crippen LogP contribution in [0, 0.1) is 0 Å². The molecule has 49 heavy (non-hydrogen) atoms. The maximum Gasteiger partial charge on any atom is 0.338 e. The number of hydrazine groups is 1. The molecule has 3 aromatic rings. The molecule has 1 aliphatic rings. The number of carbonyl (C=O) groups is 2. The van der Waals surface area contributed by atoms with Crippen molar-refractivity contribution >= 4 is 81.2 Å². The van der Waals surface area contributed by atoms with E-state index >= 15 is 0 Å². The lowest BCUT2D eigenvalue weighted by atomic mass is 10.1. The van der Waals surface area contributed by atoms with Crippen LogP contribution in [0.15, 0.2) is 69.8 Å². The van der Waals surface area contributed by atoms with Crippen molar-refractivity contribution < 1.29 is 19.4 Å². The summed E-state index contributed by atoms with van der Waals surface area (Å²) in [6, 6.07) is 12.2. The van der Waals surface area contributed by atoms with Gasteiger partial charge in [0.15, 0.2) is 5.84 Å². The van der Waals surface area contributed by atoms with E-state index in [1.165, 1.54) is 106 Å². The van der Waals surface area contributed by atoms with Crippen LogP contribution in [0.1, 0.15) is 94.3 Å². The molecule has 1 fully saturated rings. The van der Waals surface area contributed by atoms with Crippen LogP contribution in [0.4, 0.5) is 17.1 Å². The quantitative estimate of drug-likeness (QED) is 0.0763. The average Bonchev–Trinajstić information content (AvgIpc) is 3.36. The Labute approximate surface area is 307 Å². The summed E-state index contributed by atoms with van der Waals surface area (Å²) in [5, 5.41) is 19.9. The molecule has 3 aromatic carbocycles. The van der Waals surface area contributed by atoms with Crippen LogP contribution in [0.5, 0.6) is 5.75 Å². The topological polar surface area (TPSA) is 116 Å². The summed E-state index contributed by atoms with van der Waals surface area (Å²) in [5.74, 6) is -0.971. The Morgan fingerprint density at radius 1 is 0.816 bits per heavy atom.